The number of aromatic amines is 1. The topological polar surface area (TPSA) is 111 Å². The van der Waals surface area contributed by atoms with Gasteiger partial charge in [0.15, 0.2) is 15.7 Å². The molecule has 5 rings (SSSR count). The second-order valence-electron chi connectivity index (χ2n) is 7.96. The minimum atomic E-state index is -3.31. The Morgan fingerprint density at radius 1 is 1.10 bits per heavy atom. The summed E-state index contributed by atoms with van der Waals surface area (Å²) in [7, 11) is -3.31. The van der Waals surface area contributed by atoms with E-state index in [0.717, 1.165) is 48.1 Å². The summed E-state index contributed by atoms with van der Waals surface area (Å²) in [6.45, 7) is 1.70. The van der Waals surface area contributed by atoms with E-state index in [0.29, 0.717) is 16.9 Å². The van der Waals surface area contributed by atoms with Crippen LogP contribution >= 0.6 is 0 Å². The van der Waals surface area contributed by atoms with Gasteiger partial charge in [0.05, 0.1) is 22.7 Å². The fraction of sp³-hybridized carbons (Fsp3) is 0.273. The van der Waals surface area contributed by atoms with Crippen molar-refractivity contribution in [1.29, 1.82) is 0 Å². The molecule has 3 N–H and O–H groups in total. The van der Waals surface area contributed by atoms with Gasteiger partial charge in [-0.2, -0.15) is 5.10 Å². The zero-order valence-electron chi connectivity index (χ0n) is 17.0. The molecule has 9 heteroatoms. The van der Waals surface area contributed by atoms with Crippen LogP contribution in [0.3, 0.4) is 0 Å². The molecule has 0 unspecified atom stereocenters. The van der Waals surface area contributed by atoms with Gasteiger partial charge in [0.2, 0.25) is 0 Å². The molecule has 1 saturated heterocycles. The molecule has 160 valence electrons. The van der Waals surface area contributed by atoms with Crippen LogP contribution < -0.4 is 10.2 Å². The van der Waals surface area contributed by atoms with Crippen LogP contribution in [0.15, 0.2) is 53.6 Å². The minimum Gasteiger partial charge on any atom is -0.393 e. The summed E-state index contributed by atoms with van der Waals surface area (Å²) in [6.07, 6.45) is 4.27. The average molecular weight is 438 g/mol. The zero-order valence-corrected chi connectivity index (χ0v) is 17.9. The standard InChI is InChI=1S/C22H23N5O3S/c1-31(29,30)17-6-7-20-18(12-17)19-13-23-26-21(19)22(25-20)24-14-2-4-15(5-3-14)27-10-8-16(28)9-11-27/h2-7,12-13,16,28H,8-11H2,1H3,(H,23,26)(H,24,25). The summed E-state index contributed by atoms with van der Waals surface area (Å²) < 4.78 is 23.9. The number of aromatic nitrogens is 3. The van der Waals surface area contributed by atoms with Gasteiger partial charge in [0.1, 0.15) is 5.52 Å². The predicted octanol–water partition coefficient (Wildman–Crippen LogP) is 3.22. The van der Waals surface area contributed by atoms with E-state index < -0.39 is 9.84 Å². The number of aliphatic hydroxyl groups is 1. The number of sulfone groups is 1. The van der Waals surface area contributed by atoms with E-state index in [-0.39, 0.29) is 11.0 Å². The maximum absolute atomic E-state index is 11.9. The Morgan fingerprint density at radius 3 is 2.55 bits per heavy atom. The lowest BCUT2D eigenvalue weighted by Crippen LogP contribution is -2.35. The van der Waals surface area contributed by atoms with Crippen molar-refractivity contribution in [1.82, 2.24) is 15.2 Å². The van der Waals surface area contributed by atoms with E-state index in [2.05, 4.69) is 32.5 Å². The molecule has 8 nitrogen and oxygen atoms in total. The number of rotatable bonds is 4. The van der Waals surface area contributed by atoms with Gasteiger partial charge in [-0.05, 0) is 55.3 Å². The van der Waals surface area contributed by atoms with E-state index in [1.54, 1.807) is 24.4 Å². The van der Waals surface area contributed by atoms with Crippen LogP contribution in [0.4, 0.5) is 17.2 Å². The van der Waals surface area contributed by atoms with Crippen LogP contribution in [-0.4, -0.2) is 54.2 Å². The van der Waals surface area contributed by atoms with Crippen LogP contribution in [-0.2, 0) is 9.84 Å². The van der Waals surface area contributed by atoms with Gasteiger partial charge >= 0.3 is 0 Å². The normalized spacial score (nSPS) is 15.6. The lowest BCUT2D eigenvalue weighted by atomic mass is 10.1. The highest BCUT2D eigenvalue weighted by Gasteiger charge is 2.18. The average Bonchev–Trinajstić information content (AvgIpc) is 3.25. The number of H-pyrrole nitrogens is 1. The number of hydrogen-bond acceptors (Lipinski definition) is 7. The molecule has 1 aliphatic heterocycles. The number of pyridine rings is 1. The third-order valence-electron chi connectivity index (χ3n) is 5.75. The largest absolute Gasteiger partial charge is 0.393 e. The maximum atomic E-state index is 11.9. The highest BCUT2D eigenvalue weighted by Crippen LogP contribution is 2.31. The second kappa shape index (κ2) is 7.51. The first-order valence-corrected chi connectivity index (χ1v) is 12.0. The van der Waals surface area contributed by atoms with E-state index in [1.807, 2.05) is 12.1 Å². The fourth-order valence-corrected chi connectivity index (χ4v) is 4.66. The van der Waals surface area contributed by atoms with Crippen LogP contribution in [0, 0.1) is 0 Å². The van der Waals surface area contributed by atoms with Crippen molar-refractivity contribution in [3.8, 4) is 0 Å². The molecule has 1 aliphatic rings. The molecule has 2 aromatic heterocycles. The number of fused-ring (bicyclic) bond motifs is 3. The first kappa shape index (κ1) is 19.8. The molecule has 31 heavy (non-hydrogen) atoms. The molecule has 0 radical (unpaired) electrons. The number of benzene rings is 2. The molecule has 1 fully saturated rings. The summed E-state index contributed by atoms with van der Waals surface area (Å²) >= 11 is 0. The third kappa shape index (κ3) is 3.82. The van der Waals surface area contributed by atoms with Gasteiger partial charge in [-0.25, -0.2) is 13.4 Å². The number of anilines is 3. The van der Waals surface area contributed by atoms with Crippen LogP contribution in [0.2, 0.25) is 0 Å². The van der Waals surface area contributed by atoms with Crippen molar-refractivity contribution >= 4 is 48.8 Å². The number of nitrogens with one attached hydrogen (secondary N) is 2. The molecule has 0 saturated carbocycles. The molecular formula is C22H23N5O3S. The summed E-state index contributed by atoms with van der Waals surface area (Å²) in [5, 5.41) is 21.7. The third-order valence-corrected chi connectivity index (χ3v) is 6.86. The highest BCUT2D eigenvalue weighted by atomic mass is 32.2. The molecule has 2 aromatic carbocycles. The highest BCUT2D eigenvalue weighted by molar-refractivity contribution is 7.90. The van der Waals surface area contributed by atoms with Gasteiger partial charge in [-0.3, -0.25) is 5.10 Å². The number of piperidine rings is 1. The summed E-state index contributed by atoms with van der Waals surface area (Å²) in [4.78, 5) is 7.23. The van der Waals surface area contributed by atoms with E-state index in [9.17, 15) is 13.5 Å². The SMILES string of the molecule is CS(=O)(=O)c1ccc2nc(Nc3ccc(N4CCC(O)CC4)cc3)c3[nH]ncc3c2c1. The fourth-order valence-electron chi connectivity index (χ4n) is 4.01. The van der Waals surface area contributed by atoms with E-state index >= 15 is 0 Å². The number of aliphatic hydroxyl groups excluding tert-OH is 1. The Morgan fingerprint density at radius 2 is 1.84 bits per heavy atom. The van der Waals surface area contributed by atoms with Gasteiger partial charge in [-0.15, -0.1) is 0 Å². The molecule has 0 aliphatic carbocycles. The van der Waals surface area contributed by atoms with Crippen LogP contribution in [0.1, 0.15) is 12.8 Å². The van der Waals surface area contributed by atoms with Crippen molar-refractivity contribution in [3.05, 3.63) is 48.7 Å². The smallest absolute Gasteiger partial charge is 0.175 e. The Balaban J connectivity index is 1.47. The molecule has 0 amide bonds. The monoisotopic (exact) mass is 437 g/mol. The predicted molar refractivity (Wildman–Crippen MR) is 122 cm³/mol. The lowest BCUT2D eigenvalue weighted by molar-refractivity contribution is 0.145. The second-order valence-corrected chi connectivity index (χ2v) is 9.98. The Labute approximate surface area is 179 Å². The van der Waals surface area contributed by atoms with E-state index in [1.165, 1.54) is 6.26 Å². The van der Waals surface area contributed by atoms with Gasteiger partial charge < -0.3 is 15.3 Å². The summed E-state index contributed by atoms with van der Waals surface area (Å²) in [6, 6.07) is 13.1. The van der Waals surface area contributed by atoms with Crippen LogP contribution in [0.5, 0.6) is 0 Å². The molecular weight excluding hydrogens is 414 g/mol. The van der Waals surface area contributed by atoms with Gasteiger partial charge in [0, 0.05) is 41.5 Å². The first-order chi connectivity index (χ1) is 14.9. The van der Waals surface area contributed by atoms with Crippen molar-refractivity contribution in [2.75, 3.05) is 29.6 Å². The van der Waals surface area contributed by atoms with E-state index in [4.69, 9.17) is 4.98 Å². The zero-order chi connectivity index (χ0) is 21.6. The van der Waals surface area contributed by atoms with Crippen molar-refractivity contribution < 1.29 is 13.5 Å². The van der Waals surface area contributed by atoms with Gasteiger partial charge in [-0.1, -0.05) is 0 Å². The number of hydrogen-bond donors (Lipinski definition) is 3. The molecule has 4 aromatic rings. The van der Waals surface area contributed by atoms with Crippen molar-refractivity contribution in [2.45, 2.75) is 23.8 Å². The summed E-state index contributed by atoms with van der Waals surface area (Å²) in [5.74, 6) is 0.626. The van der Waals surface area contributed by atoms with Gasteiger partial charge in [0.25, 0.3) is 0 Å². The van der Waals surface area contributed by atoms with Crippen LogP contribution in [0.25, 0.3) is 21.8 Å². The van der Waals surface area contributed by atoms with Crippen molar-refractivity contribution in [3.63, 3.8) is 0 Å². The first-order valence-electron chi connectivity index (χ1n) is 10.2. The molecule has 3 heterocycles. The lowest BCUT2D eigenvalue weighted by Gasteiger charge is -2.31. The quantitative estimate of drug-likeness (QED) is 0.449. The van der Waals surface area contributed by atoms with Crippen molar-refractivity contribution in [2.24, 2.45) is 0 Å². The minimum absolute atomic E-state index is 0.193. The Bertz CT molecular complexity index is 1360. The molecule has 0 atom stereocenters. The Hall–Kier alpha value is -3.17. The molecule has 0 bridgehead atoms. The molecule has 0 spiro atoms. The maximum Gasteiger partial charge on any atom is 0.175 e. The Kier molecular flexibility index (Phi) is 4.79. The number of nitrogens with zero attached hydrogens (tertiary/aromatic N) is 3. The summed E-state index contributed by atoms with van der Waals surface area (Å²) in [5.41, 5.74) is 3.42.